The summed E-state index contributed by atoms with van der Waals surface area (Å²) in [4.78, 5) is 0. The van der Waals surface area contributed by atoms with Gasteiger partial charge in [-0.25, -0.2) is 0 Å². The van der Waals surface area contributed by atoms with Gasteiger partial charge < -0.3 is 5.11 Å². The maximum Gasteiger partial charge on any atom is 0.0462 e. The zero-order valence-corrected chi connectivity index (χ0v) is 5.71. The van der Waals surface area contributed by atoms with Gasteiger partial charge in [-0.15, -0.1) is 0 Å². The summed E-state index contributed by atoms with van der Waals surface area (Å²) in [5.41, 5.74) is 0. The normalized spacial score (nSPS) is 48.3. The summed E-state index contributed by atoms with van der Waals surface area (Å²) in [5.74, 6) is 2.58. The quantitative estimate of drug-likeness (QED) is 0.563. The third-order valence-electron chi connectivity index (χ3n) is 3.12. The van der Waals surface area contributed by atoms with E-state index in [4.69, 9.17) is 5.11 Å². The molecule has 0 radical (unpaired) electrons. The molecule has 1 unspecified atom stereocenters. The average Bonchev–Trinajstić information content (AvgIpc) is 2.45. The van der Waals surface area contributed by atoms with Gasteiger partial charge in [-0.1, -0.05) is 6.42 Å². The van der Waals surface area contributed by atoms with Crippen LogP contribution in [0.3, 0.4) is 0 Å². The Morgan fingerprint density at radius 1 is 1.22 bits per heavy atom. The maximum absolute atomic E-state index is 8.89. The number of aliphatic hydroxyl groups excluding tert-OH is 1. The predicted molar refractivity (Wildman–Crippen MR) is 36.0 cm³/mol. The number of hydrogen-bond acceptors (Lipinski definition) is 1. The lowest BCUT2D eigenvalue weighted by molar-refractivity contribution is 0.177. The van der Waals surface area contributed by atoms with Crippen molar-refractivity contribution in [3.8, 4) is 0 Å². The molecule has 0 amide bonds. The summed E-state index contributed by atoms with van der Waals surface area (Å²) >= 11 is 0. The van der Waals surface area contributed by atoms with Crippen molar-refractivity contribution in [1.29, 1.82) is 0 Å². The monoisotopic (exact) mass is 126 g/mol. The Morgan fingerprint density at radius 2 is 2.11 bits per heavy atom. The van der Waals surface area contributed by atoms with Gasteiger partial charge in [0.15, 0.2) is 0 Å². The highest BCUT2D eigenvalue weighted by molar-refractivity contribution is 4.89. The van der Waals surface area contributed by atoms with Crippen molar-refractivity contribution in [1.82, 2.24) is 0 Å². The van der Waals surface area contributed by atoms with Crippen LogP contribution >= 0.6 is 0 Å². The Hall–Kier alpha value is -0.0400. The van der Waals surface area contributed by atoms with Crippen LogP contribution in [0.25, 0.3) is 0 Å². The molecule has 0 aromatic heterocycles. The van der Waals surface area contributed by atoms with Crippen LogP contribution in [-0.4, -0.2) is 11.7 Å². The smallest absolute Gasteiger partial charge is 0.0462 e. The summed E-state index contributed by atoms with van der Waals surface area (Å²) < 4.78 is 0. The fourth-order valence-corrected chi connectivity index (χ4v) is 2.60. The SMILES string of the molecule is OCC1C[C@@H]2CC[C@@H]1C2. The lowest BCUT2D eigenvalue weighted by Crippen LogP contribution is -2.13. The molecule has 1 heteroatoms. The van der Waals surface area contributed by atoms with Crippen molar-refractivity contribution >= 4 is 0 Å². The van der Waals surface area contributed by atoms with Crippen LogP contribution in [0.1, 0.15) is 25.7 Å². The lowest BCUT2D eigenvalue weighted by atomic mass is 9.90. The summed E-state index contributed by atoms with van der Waals surface area (Å²) in [6.07, 6.45) is 5.59. The number of aliphatic hydroxyl groups is 1. The van der Waals surface area contributed by atoms with Gasteiger partial charge in [0, 0.05) is 6.61 Å². The van der Waals surface area contributed by atoms with E-state index < -0.39 is 0 Å². The van der Waals surface area contributed by atoms with Crippen molar-refractivity contribution in [2.75, 3.05) is 6.61 Å². The van der Waals surface area contributed by atoms with Crippen molar-refractivity contribution in [3.05, 3.63) is 0 Å². The van der Waals surface area contributed by atoms with Crippen LogP contribution in [0.5, 0.6) is 0 Å². The first-order chi connectivity index (χ1) is 4.40. The molecule has 0 heterocycles. The van der Waals surface area contributed by atoms with E-state index in [1.165, 1.54) is 25.7 Å². The minimum atomic E-state index is 0.446. The molecule has 2 rings (SSSR count). The predicted octanol–water partition coefficient (Wildman–Crippen LogP) is 1.41. The van der Waals surface area contributed by atoms with Crippen molar-refractivity contribution in [2.45, 2.75) is 25.7 Å². The number of fused-ring (bicyclic) bond motifs is 2. The van der Waals surface area contributed by atoms with Crippen molar-refractivity contribution < 1.29 is 5.11 Å². The molecule has 0 saturated heterocycles. The molecule has 0 aromatic rings. The zero-order valence-electron chi connectivity index (χ0n) is 5.71. The van der Waals surface area contributed by atoms with Gasteiger partial charge in [-0.2, -0.15) is 0 Å². The third-order valence-corrected chi connectivity index (χ3v) is 3.12. The summed E-state index contributed by atoms with van der Waals surface area (Å²) in [6.45, 7) is 0.446. The Kier molecular flexibility index (Phi) is 1.26. The molecule has 2 saturated carbocycles. The molecule has 2 aliphatic carbocycles. The Balaban J connectivity index is 2.01. The van der Waals surface area contributed by atoms with Crippen molar-refractivity contribution in [3.63, 3.8) is 0 Å². The van der Waals surface area contributed by atoms with Gasteiger partial charge in [0.2, 0.25) is 0 Å². The van der Waals surface area contributed by atoms with Crippen molar-refractivity contribution in [2.24, 2.45) is 17.8 Å². The number of hydrogen-bond donors (Lipinski definition) is 1. The molecule has 2 bridgehead atoms. The van der Waals surface area contributed by atoms with Gasteiger partial charge in [-0.05, 0) is 37.0 Å². The highest BCUT2D eigenvalue weighted by Gasteiger charge is 2.38. The standard InChI is InChI=1S/C8H14O/c9-5-8-4-6-1-2-7(8)3-6/h6-9H,1-5H2/t6-,7-,8?/m1/s1. The van der Waals surface area contributed by atoms with Gasteiger partial charge in [0.25, 0.3) is 0 Å². The molecule has 1 nitrogen and oxygen atoms in total. The van der Waals surface area contributed by atoms with E-state index in [9.17, 15) is 0 Å². The third kappa shape index (κ3) is 0.787. The number of rotatable bonds is 1. The highest BCUT2D eigenvalue weighted by atomic mass is 16.3. The van der Waals surface area contributed by atoms with Gasteiger partial charge >= 0.3 is 0 Å². The molecule has 0 aromatic carbocycles. The van der Waals surface area contributed by atoms with Crippen LogP contribution < -0.4 is 0 Å². The van der Waals surface area contributed by atoms with Gasteiger partial charge in [-0.3, -0.25) is 0 Å². The van der Waals surface area contributed by atoms with E-state index in [0.717, 1.165) is 11.8 Å². The van der Waals surface area contributed by atoms with Crippen LogP contribution in [0.2, 0.25) is 0 Å². The Bertz CT molecular complexity index is 111. The second-order valence-corrected chi connectivity index (χ2v) is 3.62. The second kappa shape index (κ2) is 1.98. The van der Waals surface area contributed by atoms with E-state index in [2.05, 4.69) is 0 Å². The van der Waals surface area contributed by atoms with E-state index in [-0.39, 0.29) is 0 Å². The molecule has 3 atom stereocenters. The maximum atomic E-state index is 8.89. The minimum Gasteiger partial charge on any atom is -0.396 e. The van der Waals surface area contributed by atoms with Crippen LogP contribution in [-0.2, 0) is 0 Å². The first-order valence-corrected chi connectivity index (χ1v) is 4.01. The van der Waals surface area contributed by atoms with E-state index in [0.29, 0.717) is 12.5 Å². The molecular weight excluding hydrogens is 112 g/mol. The summed E-state index contributed by atoms with van der Waals surface area (Å²) in [7, 11) is 0. The zero-order chi connectivity index (χ0) is 6.27. The van der Waals surface area contributed by atoms with E-state index in [1.54, 1.807) is 0 Å². The first-order valence-electron chi connectivity index (χ1n) is 4.01. The minimum absolute atomic E-state index is 0.446. The van der Waals surface area contributed by atoms with Gasteiger partial charge in [0.1, 0.15) is 0 Å². The Morgan fingerprint density at radius 3 is 2.44 bits per heavy atom. The summed E-state index contributed by atoms with van der Waals surface area (Å²) in [6, 6.07) is 0. The molecule has 52 valence electrons. The molecular formula is C8H14O. The second-order valence-electron chi connectivity index (χ2n) is 3.62. The fourth-order valence-electron chi connectivity index (χ4n) is 2.60. The molecule has 0 aliphatic heterocycles. The average molecular weight is 126 g/mol. The fraction of sp³-hybridized carbons (Fsp3) is 1.00. The van der Waals surface area contributed by atoms with E-state index >= 15 is 0 Å². The Labute approximate surface area is 56.1 Å². The lowest BCUT2D eigenvalue weighted by Gasteiger charge is -2.18. The van der Waals surface area contributed by atoms with Crippen LogP contribution in [0, 0.1) is 17.8 Å². The highest BCUT2D eigenvalue weighted by Crippen LogP contribution is 2.47. The molecule has 9 heavy (non-hydrogen) atoms. The van der Waals surface area contributed by atoms with Gasteiger partial charge in [0.05, 0.1) is 0 Å². The molecule has 0 spiro atoms. The topological polar surface area (TPSA) is 20.2 Å². The largest absolute Gasteiger partial charge is 0.396 e. The van der Waals surface area contributed by atoms with Crippen LogP contribution in [0.15, 0.2) is 0 Å². The molecule has 2 fully saturated rings. The van der Waals surface area contributed by atoms with Crippen LogP contribution in [0.4, 0.5) is 0 Å². The van der Waals surface area contributed by atoms with E-state index in [1.807, 2.05) is 0 Å². The first kappa shape index (κ1) is 5.72. The molecule has 1 N–H and O–H groups in total. The summed E-state index contributed by atoms with van der Waals surface area (Å²) in [5, 5.41) is 8.89. The molecule has 2 aliphatic rings.